The summed E-state index contributed by atoms with van der Waals surface area (Å²) in [5.41, 5.74) is 3.69. The van der Waals surface area contributed by atoms with Gasteiger partial charge in [-0.2, -0.15) is 0 Å². The van der Waals surface area contributed by atoms with Gasteiger partial charge >= 0.3 is 5.97 Å². The molecule has 1 aliphatic heterocycles. The molecule has 26 heavy (non-hydrogen) atoms. The van der Waals surface area contributed by atoms with E-state index < -0.39 is 5.97 Å². The van der Waals surface area contributed by atoms with Crippen molar-refractivity contribution in [3.8, 4) is 0 Å². The lowest BCUT2D eigenvalue weighted by Crippen LogP contribution is -2.42. The smallest absolute Gasteiger partial charge is 0.335 e. The summed E-state index contributed by atoms with van der Waals surface area (Å²) < 4.78 is 14.6. The zero-order valence-electron chi connectivity index (χ0n) is 15.2. The third-order valence-corrected chi connectivity index (χ3v) is 4.78. The molecule has 0 saturated heterocycles. The van der Waals surface area contributed by atoms with E-state index in [4.69, 9.17) is 5.11 Å². The number of hydrogen-bond acceptors (Lipinski definition) is 3. The number of likely N-dealkylation sites (N-methyl/N-ethyl adjacent to an activating group) is 1. The van der Waals surface area contributed by atoms with Crippen molar-refractivity contribution in [1.82, 2.24) is 0 Å². The second kappa shape index (κ2) is 6.41. The Hall–Kier alpha value is -2.95. The SMILES string of the molecule is CC1=CC(C)(C)N(C)c2cc(F)c(C=Nc3cccc(C(=O)O)c3)cc21. The lowest BCUT2D eigenvalue weighted by atomic mass is 9.88. The Morgan fingerprint density at radius 1 is 1.27 bits per heavy atom. The van der Waals surface area contributed by atoms with Gasteiger partial charge in [0.05, 0.1) is 16.8 Å². The van der Waals surface area contributed by atoms with Gasteiger partial charge in [0.1, 0.15) is 5.82 Å². The van der Waals surface area contributed by atoms with Crippen molar-refractivity contribution in [3.63, 3.8) is 0 Å². The Labute approximate surface area is 152 Å². The number of aromatic carboxylic acids is 1. The van der Waals surface area contributed by atoms with Crippen molar-refractivity contribution in [2.24, 2.45) is 4.99 Å². The molecule has 0 bridgehead atoms. The summed E-state index contributed by atoms with van der Waals surface area (Å²) in [6.07, 6.45) is 3.59. The van der Waals surface area contributed by atoms with Gasteiger partial charge in [0.2, 0.25) is 0 Å². The highest BCUT2D eigenvalue weighted by atomic mass is 19.1. The maximum atomic E-state index is 14.6. The molecule has 1 heterocycles. The Morgan fingerprint density at radius 3 is 2.69 bits per heavy atom. The Bertz CT molecular complexity index is 945. The second-order valence-electron chi connectivity index (χ2n) is 7.04. The molecule has 1 aliphatic rings. The van der Waals surface area contributed by atoms with Crippen molar-refractivity contribution in [3.05, 3.63) is 65.0 Å². The van der Waals surface area contributed by atoms with E-state index in [1.807, 2.05) is 14.0 Å². The van der Waals surface area contributed by atoms with Crippen molar-refractivity contribution in [2.45, 2.75) is 26.3 Å². The molecule has 0 fully saturated rings. The minimum Gasteiger partial charge on any atom is -0.478 e. The number of halogens is 1. The number of carbonyl (C=O) groups is 1. The van der Waals surface area contributed by atoms with Crippen LogP contribution in [0.4, 0.5) is 15.8 Å². The van der Waals surface area contributed by atoms with E-state index in [0.29, 0.717) is 11.3 Å². The largest absolute Gasteiger partial charge is 0.478 e. The van der Waals surface area contributed by atoms with Crippen LogP contribution >= 0.6 is 0 Å². The number of allylic oxidation sites excluding steroid dienone is 1. The number of benzene rings is 2. The molecule has 1 N–H and O–H groups in total. The first kappa shape index (κ1) is 17.9. The summed E-state index contributed by atoms with van der Waals surface area (Å²) in [6.45, 7) is 6.19. The number of hydrogen-bond donors (Lipinski definition) is 1. The van der Waals surface area contributed by atoms with Gasteiger partial charge in [0.15, 0.2) is 0 Å². The maximum Gasteiger partial charge on any atom is 0.335 e. The van der Waals surface area contributed by atoms with Crippen LogP contribution in [0.2, 0.25) is 0 Å². The fraction of sp³-hybridized carbons (Fsp3) is 0.238. The zero-order chi connectivity index (χ0) is 19.1. The van der Waals surface area contributed by atoms with Gasteiger partial charge in [-0.1, -0.05) is 12.1 Å². The van der Waals surface area contributed by atoms with Crippen molar-refractivity contribution < 1.29 is 14.3 Å². The number of anilines is 1. The number of fused-ring (bicyclic) bond motifs is 1. The third kappa shape index (κ3) is 3.25. The third-order valence-electron chi connectivity index (χ3n) is 4.78. The van der Waals surface area contributed by atoms with E-state index >= 15 is 0 Å². The van der Waals surface area contributed by atoms with Crippen LogP contribution in [0.3, 0.4) is 0 Å². The van der Waals surface area contributed by atoms with Crippen LogP contribution in [0, 0.1) is 5.82 Å². The van der Waals surface area contributed by atoms with E-state index in [9.17, 15) is 9.18 Å². The number of carboxylic acid groups (broad SMARTS) is 1. The van der Waals surface area contributed by atoms with Gasteiger partial charge in [0, 0.05) is 30.1 Å². The zero-order valence-corrected chi connectivity index (χ0v) is 15.2. The highest BCUT2D eigenvalue weighted by molar-refractivity contribution is 5.91. The van der Waals surface area contributed by atoms with Crippen LogP contribution in [0.15, 0.2) is 47.5 Å². The van der Waals surface area contributed by atoms with Crippen molar-refractivity contribution in [2.75, 3.05) is 11.9 Å². The monoisotopic (exact) mass is 352 g/mol. The van der Waals surface area contributed by atoms with Gasteiger partial charge < -0.3 is 10.0 Å². The fourth-order valence-electron chi connectivity index (χ4n) is 3.15. The minimum atomic E-state index is -1.02. The topological polar surface area (TPSA) is 52.9 Å². The van der Waals surface area contributed by atoms with Gasteiger partial charge in [-0.15, -0.1) is 0 Å². The normalized spacial score (nSPS) is 15.7. The molecule has 0 radical (unpaired) electrons. The average molecular weight is 352 g/mol. The van der Waals surface area contributed by atoms with Crippen LogP contribution in [0.1, 0.15) is 42.3 Å². The summed E-state index contributed by atoms with van der Waals surface area (Å²) >= 11 is 0. The van der Waals surface area contributed by atoms with E-state index in [2.05, 4.69) is 29.8 Å². The number of carboxylic acids is 1. The van der Waals surface area contributed by atoms with Crippen LogP contribution in [0.25, 0.3) is 5.57 Å². The molecule has 2 aromatic carbocycles. The van der Waals surface area contributed by atoms with Gasteiger partial charge in [-0.3, -0.25) is 4.99 Å². The predicted molar refractivity (Wildman–Crippen MR) is 103 cm³/mol. The summed E-state index contributed by atoms with van der Waals surface area (Å²) in [4.78, 5) is 17.3. The lowest BCUT2D eigenvalue weighted by Gasteiger charge is -2.40. The molecule has 4 nitrogen and oxygen atoms in total. The highest BCUT2D eigenvalue weighted by Gasteiger charge is 2.29. The van der Waals surface area contributed by atoms with E-state index in [1.54, 1.807) is 18.2 Å². The first-order valence-corrected chi connectivity index (χ1v) is 8.34. The van der Waals surface area contributed by atoms with Crippen LogP contribution in [0.5, 0.6) is 0 Å². The van der Waals surface area contributed by atoms with Crippen LogP contribution < -0.4 is 4.90 Å². The van der Waals surface area contributed by atoms with E-state index in [-0.39, 0.29) is 16.9 Å². The summed E-state index contributed by atoms with van der Waals surface area (Å²) in [5.74, 6) is -1.38. The molecule has 0 amide bonds. The molecule has 0 unspecified atom stereocenters. The van der Waals surface area contributed by atoms with Crippen molar-refractivity contribution in [1.29, 1.82) is 0 Å². The Balaban J connectivity index is 1.99. The Morgan fingerprint density at radius 2 is 2.00 bits per heavy atom. The summed E-state index contributed by atoms with van der Waals surface area (Å²) in [5, 5.41) is 9.04. The lowest BCUT2D eigenvalue weighted by molar-refractivity contribution is 0.0697. The van der Waals surface area contributed by atoms with E-state index in [0.717, 1.165) is 16.8 Å². The average Bonchev–Trinajstić information content (AvgIpc) is 2.58. The molecule has 0 aromatic heterocycles. The summed E-state index contributed by atoms with van der Waals surface area (Å²) in [6, 6.07) is 9.56. The number of aliphatic imine (C=N–C) groups is 1. The molecule has 2 aromatic rings. The molecular weight excluding hydrogens is 331 g/mol. The molecular formula is C21H21FN2O2. The quantitative estimate of drug-likeness (QED) is 0.799. The van der Waals surface area contributed by atoms with Gasteiger partial charge in [0.25, 0.3) is 0 Å². The molecule has 0 spiro atoms. The second-order valence-corrected chi connectivity index (χ2v) is 7.04. The van der Waals surface area contributed by atoms with E-state index in [1.165, 1.54) is 24.4 Å². The number of nitrogens with zero attached hydrogens (tertiary/aromatic N) is 2. The standard InChI is InChI=1S/C21H21FN2O2/c1-13-11-21(2,3)24(4)19-10-18(22)15(9-17(13)19)12-23-16-7-5-6-14(8-16)20(25)26/h5-12H,1-4H3,(H,25,26). The van der Waals surface area contributed by atoms with Crippen LogP contribution in [-0.2, 0) is 0 Å². The molecule has 5 heteroatoms. The first-order valence-electron chi connectivity index (χ1n) is 8.34. The maximum absolute atomic E-state index is 14.6. The minimum absolute atomic E-state index is 0.146. The Kier molecular flexibility index (Phi) is 4.40. The number of rotatable bonds is 3. The predicted octanol–water partition coefficient (Wildman–Crippen LogP) is 4.91. The molecule has 0 saturated carbocycles. The molecule has 134 valence electrons. The fourth-order valence-corrected chi connectivity index (χ4v) is 3.15. The van der Waals surface area contributed by atoms with Gasteiger partial charge in [-0.05, 0) is 56.7 Å². The molecule has 0 atom stereocenters. The highest BCUT2D eigenvalue weighted by Crippen LogP contribution is 2.38. The molecule has 0 aliphatic carbocycles. The van der Waals surface area contributed by atoms with Gasteiger partial charge in [-0.25, -0.2) is 9.18 Å². The summed E-state index contributed by atoms with van der Waals surface area (Å²) in [7, 11) is 1.95. The molecule has 3 rings (SSSR count). The first-order chi connectivity index (χ1) is 12.2. The van der Waals surface area contributed by atoms with Crippen molar-refractivity contribution >= 4 is 29.1 Å². The van der Waals surface area contributed by atoms with Crippen LogP contribution in [-0.4, -0.2) is 29.9 Å².